The molecule has 0 spiro atoms. The normalized spacial score (nSPS) is 12.5. The molecule has 0 aliphatic heterocycles. The van der Waals surface area contributed by atoms with Crippen molar-refractivity contribution in [2.75, 3.05) is 0 Å². The molecule has 0 fully saturated rings. The molecule has 0 saturated heterocycles. The van der Waals surface area contributed by atoms with E-state index in [1.165, 1.54) is 0 Å². The van der Waals surface area contributed by atoms with E-state index in [9.17, 15) is 4.79 Å². The second-order valence-electron chi connectivity index (χ2n) is 2.47. The van der Waals surface area contributed by atoms with Crippen molar-refractivity contribution in [3.63, 3.8) is 0 Å². The van der Waals surface area contributed by atoms with Crippen LogP contribution in [0.3, 0.4) is 0 Å². The average Bonchev–Trinajstić information content (AvgIpc) is 2.05. The number of hydrogen-bond donors (Lipinski definition) is 1. The van der Waals surface area contributed by atoms with Gasteiger partial charge in [-0.1, -0.05) is 0 Å². The Morgan fingerprint density at radius 2 is 1.91 bits per heavy atom. The summed E-state index contributed by atoms with van der Waals surface area (Å²) in [5.74, 6) is -0.688. The Labute approximate surface area is 104 Å². The molecule has 1 N–H and O–H groups in total. The second-order valence-corrected chi connectivity index (χ2v) is 5.31. The second kappa shape index (κ2) is 4.50. The summed E-state index contributed by atoms with van der Waals surface area (Å²) in [6.45, 7) is 0. The minimum absolute atomic E-state index is 0.141. The third-order valence-electron chi connectivity index (χ3n) is 1.67. The van der Waals surface area contributed by atoms with Gasteiger partial charge in [0.2, 0.25) is 0 Å². The molecule has 0 bridgehead atoms. The Hall–Kier alpha value is 0.495. The Morgan fingerprint density at radius 1 is 1.36 bits per heavy atom. The predicted molar refractivity (Wildman–Crippen MR) is 42.6 cm³/mol. The van der Waals surface area contributed by atoms with Crippen LogP contribution in [0.15, 0.2) is 30.3 Å². The van der Waals surface area contributed by atoms with Crippen LogP contribution < -0.4 is 0 Å². The zero-order chi connectivity index (χ0) is 8.27. The molecule has 0 amide bonds. The monoisotopic (exact) mass is 220 g/mol. The molecule has 0 heterocycles. The first-order chi connectivity index (χ1) is 5.22. The van der Waals surface area contributed by atoms with Crippen molar-refractivity contribution in [2.24, 2.45) is 0 Å². The summed E-state index contributed by atoms with van der Waals surface area (Å²) in [5, 5.41) is 8.69. The van der Waals surface area contributed by atoms with Crippen molar-refractivity contribution in [3.05, 3.63) is 35.9 Å². The summed E-state index contributed by atoms with van der Waals surface area (Å²) in [4.78, 5) is 10.6. The molecule has 3 heteroatoms. The van der Waals surface area contributed by atoms with E-state index in [1.807, 2.05) is 30.3 Å². The van der Waals surface area contributed by atoms with E-state index in [0.717, 1.165) is 5.56 Å². The number of benzene rings is 1. The van der Waals surface area contributed by atoms with E-state index in [-0.39, 0.29) is 54.5 Å². The van der Waals surface area contributed by atoms with Crippen LogP contribution >= 0.6 is 0 Å². The van der Waals surface area contributed by atoms with Crippen molar-refractivity contribution in [1.82, 2.24) is 0 Å². The molecule has 11 heavy (non-hydrogen) atoms. The summed E-state index contributed by atoms with van der Waals surface area (Å²) in [5.41, 5.74) is 0.941. The van der Waals surface area contributed by atoms with Crippen LogP contribution in [0.1, 0.15) is 4.55 Å². The van der Waals surface area contributed by atoms with Gasteiger partial charge in [0.05, 0.1) is 0 Å². The SMILES string of the molecule is O=C(O)[CH]([Rb])c1ccccc1. The molecule has 1 atom stereocenters. The molecular formula is C8H7O2Rb. The topological polar surface area (TPSA) is 37.3 Å². The van der Waals surface area contributed by atoms with E-state index < -0.39 is 5.97 Å². The molecule has 1 unspecified atom stereocenters. The zero-order valence-electron chi connectivity index (χ0n) is 6.32. The molecule has 0 radical (unpaired) electrons. The summed E-state index contributed by atoms with van der Waals surface area (Å²) in [6.07, 6.45) is 0. The van der Waals surface area contributed by atoms with Crippen LogP contribution in [-0.2, 0) is 4.79 Å². The van der Waals surface area contributed by atoms with Crippen molar-refractivity contribution < 1.29 is 9.90 Å². The Morgan fingerprint density at radius 3 is 2.36 bits per heavy atom. The van der Waals surface area contributed by atoms with Gasteiger partial charge in [-0.2, -0.15) is 0 Å². The van der Waals surface area contributed by atoms with Crippen LogP contribution in [0.4, 0.5) is 0 Å². The van der Waals surface area contributed by atoms with Crippen LogP contribution in [0.25, 0.3) is 0 Å². The van der Waals surface area contributed by atoms with E-state index >= 15 is 0 Å². The first kappa shape index (κ1) is 9.58. The Bertz CT molecular complexity index is 246. The van der Waals surface area contributed by atoms with Gasteiger partial charge in [-0.15, -0.1) is 0 Å². The summed E-state index contributed by atoms with van der Waals surface area (Å²) in [6, 6.07) is 9.39. The third-order valence-corrected chi connectivity index (χ3v) is 4.52. The van der Waals surface area contributed by atoms with Crippen molar-refractivity contribution in [1.29, 1.82) is 0 Å². The van der Waals surface area contributed by atoms with Crippen LogP contribution in [-0.4, -0.2) is 66.6 Å². The first-order valence-corrected chi connectivity index (χ1v) is 6.33. The number of carboxylic acids is 1. The molecule has 52 valence electrons. The fourth-order valence-electron chi connectivity index (χ4n) is 0.884. The van der Waals surface area contributed by atoms with Gasteiger partial charge in [-0.05, 0) is 0 Å². The van der Waals surface area contributed by atoms with Crippen LogP contribution in [0, 0.1) is 0 Å². The number of carboxylic acid groups (broad SMARTS) is 1. The zero-order valence-corrected chi connectivity index (χ0v) is 11.2. The van der Waals surface area contributed by atoms with Gasteiger partial charge in [0.15, 0.2) is 0 Å². The van der Waals surface area contributed by atoms with E-state index in [0.29, 0.717) is 0 Å². The van der Waals surface area contributed by atoms with E-state index in [2.05, 4.69) is 0 Å². The molecule has 1 aromatic carbocycles. The number of carbonyl (C=O) groups is 1. The number of hydrogen-bond acceptors (Lipinski definition) is 1. The fourth-order valence-corrected chi connectivity index (χ4v) is 1.83. The van der Waals surface area contributed by atoms with E-state index in [1.54, 1.807) is 0 Å². The Kier molecular flexibility index (Phi) is 3.92. The number of rotatable bonds is 2. The Balaban J connectivity index is 2.85. The van der Waals surface area contributed by atoms with Gasteiger partial charge in [0.25, 0.3) is 0 Å². The van der Waals surface area contributed by atoms with Gasteiger partial charge in [-0.3, -0.25) is 0 Å². The molecule has 1 aromatic rings. The van der Waals surface area contributed by atoms with Gasteiger partial charge in [-0.25, -0.2) is 0 Å². The molecule has 0 aromatic heterocycles. The van der Waals surface area contributed by atoms with Crippen LogP contribution in [0.2, 0.25) is 0 Å². The molecule has 0 saturated carbocycles. The first-order valence-electron chi connectivity index (χ1n) is 3.49. The fraction of sp³-hybridized carbons (Fsp3) is 0.125. The maximum atomic E-state index is 10.6. The summed E-state index contributed by atoms with van der Waals surface area (Å²) < 4.78 is -0.196. The maximum absolute atomic E-state index is 10.6. The summed E-state index contributed by atoms with van der Waals surface area (Å²) in [7, 11) is 0. The predicted octanol–water partition coefficient (Wildman–Crippen LogP) is 0.981. The van der Waals surface area contributed by atoms with Gasteiger partial charge >= 0.3 is 106 Å². The standard InChI is InChI=1S/C8H7O2.Rb/c9-8(10)6-7-4-2-1-3-5-7;/h1-6H,(H,9,10);. The average molecular weight is 221 g/mol. The number of aliphatic carboxylic acids is 1. The molecule has 0 aliphatic rings. The molecule has 0 aliphatic carbocycles. The van der Waals surface area contributed by atoms with Gasteiger partial charge < -0.3 is 0 Å². The molecule has 2 nitrogen and oxygen atoms in total. The third kappa shape index (κ3) is 2.78. The molecule has 1 rings (SSSR count). The quantitative estimate of drug-likeness (QED) is 0.807. The van der Waals surface area contributed by atoms with Crippen molar-refractivity contribution in [3.8, 4) is 0 Å². The van der Waals surface area contributed by atoms with Crippen molar-refractivity contribution >= 4 is 61.5 Å². The van der Waals surface area contributed by atoms with Crippen molar-refractivity contribution in [2.45, 2.75) is -1.01 Å². The van der Waals surface area contributed by atoms with Crippen LogP contribution in [0.5, 0.6) is 0 Å². The molecular weight excluding hydrogens is 214 g/mol. The van der Waals surface area contributed by atoms with Gasteiger partial charge in [0.1, 0.15) is 0 Å². The minimum atomic E-state index is -0.688. The summed E-state index contributed by atoms with van der Waals surface area (Å²) >= 11 is 0.141. The van der Waals surface area contributed by atoms with E-state index in [4.69, 9.17) is 5.11 Å². The van der Waals surface area contributed by atoms with Gasteiger partial charge in [0, 0.05) is 0 Å².